The van der Waals surface area contributed by atoms with Gasteiger partial charge >= 0.3 is 17.9 Å². The van der Waals surface area contributed by atoms with Crippen LogP contribution in [0.4, 0.5) is 0 Å². The van der Waals surface area contributed by atoms with Crippen LogP contribution in [0, 0.1) is 5.41 Å². The Kier molecular flexibility index (Phi) is 18.1. The molecule has 31 heavy (non-hydrogen) atoms. The van der Waals surface area contributed by atoms with E-state index in [-0.39, 0.29) is 64.5 Å². The minimum atomic E-state index is -0.828. The summed E-state index contributed by atoms with van der Waals surface area (Å²) in [5.74, 6) is -0.144. The molecule has 1 unspecified atom stereocenters. The number of esters is 3. The van der Waals surface area contributed by atoms with Crippen LogP contribution in [0.5, 0.6) is 0 Å². The first-order valence-corrected chi connectivity index (χ1v) is 12.1. The number of hydrogen-bond acceptors (Lipinski definition) is 11. The summed E-state index contributed by atoms with van der Waals surface area (Å²) in [6, 6.07) is 0. The van der Waals surface area contributed by atoms with Crippen LogP contribution in [0.2, 0.25) is 0 Å². The van der Waals surface area contributed by atoms with Gasteiger partial charge in [-0.1, -0.05) is 6.92 Å². The van der Waals surface area contributed by atoms with E-state index in [1.54, 1.807) is 6.92 Å². The molecule has 1 atom stereocenters. The van der Waals surface area contributed by atoms with E-state index >= 15 is 0 Å². The SMILES string of the molecule is CCC(=O)OCC(CCOCC(=O)CCS)(CCOC(=O)CCS)COC(=O)CCS. The number of rotatable bonds is 19. The van der Waals surface area contributed by atoms with Gasteiger partial charge in [-0.2, -0.15) is 37.9 Å². The number of carbonyl (C=O) groups excluding carboxylic acids is 4. The summed E-state index contributed by atoms with van der Waals surface area (Å²) in [4.78, 5) is 46.9. The molecule has 0 heterocycles. The lowest BCUT2D eigenvalue weighted by molar-refractivity contribution is -0.158. The van der Waals surface area contributed by atoms with Gasteiger partial charge in [0.15, 0.2) is 5.78 Å². The maximum absolute atomic E-state index is 11.9. The van der Waals surface area contributed by atoms with Crippen molar-refractivity contribution in [3.8, 4) is 0 Å². The molecule has 0 spiro atoms. The smallest absolute Gasteiger partial charge is 0.306 e. The lowest BCUT2D eigenvalue weighted by Gasteiger charge is -2.32. The highest BCUT2D eigenvalue weighted by atomic mass is 32.1. The molecule has 0 radical (unpaired) electrons. The highest BCUT2D eigenvalue weighted by Gasteiger charge is 2.34. The van der Waals surface area contributed by atoms with Crippen molar-refractivity contribution in [1.29, 1.82) is 0 Å². The molecule has 0 amide bonds. The molecule has 0 bridgehead atoms. The standard InChI is InChI=1S/C20H34O8S3/c1-2-17(22)27-14-20(15-28-19(24)5-12-31,7-9-26-18(23)4-11-30)6-8-25-13-16(21)3-10-29/h29-31H,2-15H2,1H3. The highest BCUT2D eigenvalue weighted by Crippen LogP contribution is 2.29. The van der Waals surface area contributed by atoms with E-state index in [9.17, 15) is 19.2 Å². The minimum absolute atomic E-state index is 0.0358. The van der Waals surface area contributed by atoms with Crippen molar-refractivity contribution < 1.29 is 38.1 Å². The Balaban J connectivity index is 5.17. The first-order valence-electron chi connectivity index (χ1n) is 10.2. The fourth-order valence-corrected chi connectivity index (χ4v) is 3.02. The van der Waals surface area contributed by atoms with Crippen molar-refractivity contribution >= 4 is 61.6 Å². The maximum Gasteiger partial charge on any atom is 0.306 e. The Bertz CT molecular complexity index is 559. The van der Waals surface area contributed by atoms with E-state index < -0.39 is 23.3 Å². The third-order valence-corrected chi connectivity index (χ3v) is 5.00. The zero-order valence-corrected chi connectivity index (χ0v) is 20.7. The summed E-state index contributed by atoms with van der Waals surface area (Å²) in [7, 11) is 0. The fourth-order valence-electron chi connectivity index (χ4n) is 2.40. The van der Waals surface area contributed by atoms with Crippen molar-refractivity contribution in [1.82, 2.24) is 0 Å². The maximum atomic E-state index is 11.9. The predicted molar refractivity (Wildman–Crippen MR) is 126 cm³/mol. The normalized spacial score (nSPS) is 12.6. The third kappa shape index (κ3) is 15.5. The summed E-state index contributed by atoms with van der Waals surface area (Å²) < 4.78 is 21.4. The van der Waals surface area contributed by atoms with Crippen LogP contribution >= 0.6 is 37.9 Å². The van der Waals surface area contributed by atoms with Gasteiger partial charge in [-0.3, -0.25) is 19.2 Å². The summed E-state index contributed by atoms with van der Waals surface area (Å²) in [5.41, 5.74) is -0.828. The molecule has 0 aromatic heterocycles. The molecule has 0 saturated heterocycles. The van der Waals surface area contributed by atoms with E-state index in [1.165, 1.54) is 0 Å². The molecule has 0 aromatic rings. The van der Waals surface area contributed by atoms with Gasteiger partial charge in [0, 0.05) is 36.4 Å². The van der Waals surface area contributed by atoms with E-state index in [1.807, 2.05) is 0 Å². The first-order chi connectivity index (χ1) is 14.8. The molecule has 0 N–H and O–H groups in total. The Hall–Kier alpha value is -0.910. The van der Waals surface area contributed by atoms with Gasteiger partial charge in [-0.05, 0) is 18.6 Å². The topological polar surface area (TPSA) is 105 Å². The molecule has 0 aliphatic rings. The molecular formula is C20H34O8S3. The summed E-state index contributed by atoms with van der Waals surface area (Å²) >= 11 is 12.0. The molecule has 11 heteroatoms. The predicted octanol–water partition coefficient (Wildman–Crippen LogP) is 2.34. The van der Waals surface area contributed by atoms with Crippen LogP contribution < -0.4 is 0 Å². The van der Waals surface area contributed by atoms with Gasteiger partial charge in [-0.25, -0.2) is 0 Å². The number of ketones is 1. The Morgan fingerprint density at radius 2 is 1.23 bits per heavy atom. The number of thiol groups is 3. The van der Waals surface area contributed by atoms with E-state index in [4.69, 9.17) is 18.9 Å². The molecule has 8 nitrogen and oxygen atoms in total. The largest absolute Gasteiger partial charge is 0.466 e. The van der Waals surface area contributed by atoms with Crippen LogP contribution in [0.3, 0.4) is 0 Å². The van der Waals surface area contributed by atoms with Gasteiger partial charge in [0.25, 0.3) is 0 Å². The third-order valence-electron chi connectivity index (χ3n) is 4.33. The molecule has 0 aliphatic heterocycles. The van der Waals surface area contributed by atoms with Crippen LogP contribution in [0.15, 0.2) is 0 Å². The van der Waals surface area contributed by atoms with Crippen LogP contribution in [-0.4, -0.2) is 74.0 Å². The minimum Gasteiger partial charge on any atom is -0.466 e. The molecule has 0 aliphatic carbocycles. The molecule has 0 rings (SSSR count). The molecular weight excluding hydrogens is 464 g/mol. The van der Waals surface area contributed by atoms with Crippen LogP contribution in [0.1, 0.15) is 45.4 Å². The Morgan fingerprint density at radius 3 is 1.77 bits per heavy atom. The van der Waals surface area contributed by atoms with Gasteiger partial charge in [0.1, 0.15) is 19.8 Å². The fraction of sp³-hybridized carbons (Fsp3) is 0.800. The first kappa shape index (κ1) is 30.1. The van der Waals surface area contributed by atoms with Crippen molar-refractivity contribution in [2.24, 2.45) is 5.41 Å². The second kappa shape index (κ2) is 18.6. The van der Waals surface area contributed by atoms with Gasteiger partial charge < -0.3 is 18.9 Å². The van der Waals surface area contributed by atoms with Crippen molar-refractivity contribution in [2.45, 2.75) is 45.4 Å². The zero-order chi connectivity index (χ0) is 23.5. The zero-order valence-electron chi connectivity index (χ0n) is 18.0. The Morgan fingerprint density at radius 1 is 0.710 bits per heavy atom. The summed E-state index contributed by atoms with van der Waals surface area (Å²) in [6.45, 7) is 1.77. The van der Waals surface area contributed by atoms with E-state index in [2.05, 4.69) is 37.9 Å². The van der Waals surface area contributed by atoms with Crippen molar-refractivity contribution in [3.63, 3.8) is 0 Å². The average molecular weight is 499 g/mol. The second-order valence-electron chi connectivity index (χ2n) is 6.91. The van der Waals surface area contributed by atoms with Gasteiger partial charge in [0.2, 0.25) is 0 Å². The lowest BCUT2D eigenvalue weighted by Crippen LogP contribution is -2.37. The average Bonchev–Trinajstić information content (AvgIpc) is 2.74. The summed E-state index contributed by atoms with van der Waals surface area (Å²) in [6.07, 6.45) is 1.43. The van der Waals surface area contributed by atoms with Gasteiger partial charge in [0.05, 0.1) is 19.4 Å². The van der Waals surface area contributed by atoms with E-state index in [0.717, 1.165) is 0 Å². The number of hydrogen-bond donors (Lipinski definition) is 3. The van der Waals surface area contributed by atoms with Crippen LogP contribution in [0.25, 0.3) is 0 Å². The van der Waals surface area contributed by atoms with Gasteiger partial charge in [-0.15, -0.1) is 0 Å². The highest BCUT2D eigenvalue weighted by molar-refractivity contribution is 7.80. The monoisotopic (exact) mass is 498 g/mol. The number of carbonyl (C=O) groups is 4. The Labute approximate surface area is 200 Å². The second-order valence-corrected chi connectivity index (χ2v) is 8.25. The molecule has 0 saturated carbocycles. The van der Waals surface area contributed by atoms with Crippen molar-refractivity contribution in [3.05, 3.63) is 0 Å². The van der Waals surface area contributed by atoms with Crippen LogP contribution in [-0.2, 0) is 38.1 Å². The molecule has 0 fully saturated rings. The lowest BCUT2D eigenvalue weighted by atomic mass is 9.83. The molecule has 0 aromatic carbocycles. The van der Waals surface area contributed by atoms with Crippen molar-refractivity contribution in [2.75, 3.05) is 50.3 Å². The summed E-state index contributed by atoms with van der Waals surface area (Å²) in [5, 5.41) is 0. The number of Topliss-reactive ketones (excluding diaryl/α,β-unsaturated/α-hetero) is 1. The quantitative estimate of drug-likeness (QED) is 0.108. The molecule has 180 valence electrons. The van der Waals surface area contributed by atoms with E-state index in [0.29, 0.717) is 30.1 Å². The number of ether oxygens (including phenoxy) is 4.